The Morgan fingerprint density at radius 3 is 2.74 bits per heavy atom. The van der Waals surface area contributed by atoms with Gasteiger partial charge in [0.1, 0.15) is 18.2 Å². The van der Waals surface area contributed by atoms with E-state index in [2.05, 4.69) is 22.2 Å². The molecule has 1 aromatic heterocycles. The van der Waals surface area contributed by atoms with Crippen LogP contribution in [0.15, 0.2) is 6.07 Å². The molecule has 1 fully saturated rings. The van der Waals surface area contributed by atoms with Crippen LogP contribution in [0.4, 0.5) is 11.6 Å². The topological polar surface area (TPSA) is 73.1 Å². The SMILES string of the molecule is COCc1nc(N)cc(NCC2CCC(C)CC2)n1. The number of nitrogen functional groups attached to an aromatic ring is 1. The number of nitrogens with zero attached hydrogens (tertiary/aromatic N) is 2. The first kappa shape index (κ1) is 14.1. The summed E-state index contributed by atoms with van der Waals surface area (Å²) in [6, 6.07) is 1.78. The average Bonchev–Trinajstić information content (AvgIpc) is 2.38. The van der Waals surface area contributed by atoms with Crippen LogP contribution in [0.3, 0.4) is 0 Å². The van der Waals surface area contributed by atoms with Crippen molar-refractivity contribution in [2.75, 3.05) is 24.7 Å². The highest BCUT2D eigenvalue weighted by Crippen LogP contribution is 2.28. The third kappa shape index (κ3) is 4.35. The van der Waals surface area contributed by atoms with Crippen LogP contribution in [0, 0.1) is 11.8 Å². The number of rotatable bonds is 5. The molecule has 0 aliphatic heterocycles. The molecule has 1 heterocycles. The van der Waals surface area contributed by atoms with E-state index >= 15 is 0 Å². The molecular weight excluding hydrogens is 240 g/mol. The van der Waals surface area contributed by atoms with E-state index in [-0.39, 0.29) is 0 Å². The zero-order chi connectivity index (χ0) is 13.7. The zero-order valence-corrected chi connectivity index (χ0v) is 11.9. The third-order valence-electron chi connectivity index (χ3n) is 3.77. The molecule has 0 spiro atoms. The lowest BCUT2D eigenvalue weighted by Crippen LogP contribution is -2.21. The Labute approximate surface area is 115 Å². The quantitative estimate of drug-likeness (QED) is 0.854. The van der Waals surface area contributed by atoms with Gasteiger partial charge in [0.15, 0.2) is 5.82 Å². The van der Waals surface area contributed by atoms with Crippen LogP contribution in [0.5, 0.6) is 0 Å². The van der Waals surface area contributed by atoms with Gasteiger partial charge in [-0.25, -0.2) is 9.97 Å². The van der Waals surface area contributed by atoms with Crippen LogP contribution in [0.1, 0.15) is 38.4 Å². The van der Waals surface area contributed by atoms with Crippen molar-refractivity contribution in [2.45, 2.75) is 39.2 Å². The van der Waals surface area contributed by atoms with Crippen molar-refractivity contribution in [2.24, 2.45) is 11.8 Å². The van der Waals surface area contributed by atoms with E-state index in [1.807, 2.05) is 0 Å². The molecule has 1 aliphatic rings. The first-order chi connectivity index (χ1) is 9.17. The summed E-state index contributed by atoms with van der Waals surface area (Å²) in [6.07, 6.45) is 5.29. The Bertz CT molecular complexity index is 402. The van der Waals surface area contributed by atoms with Crippen molar-refractivity contribution >= 4 is 11.6 Å². The lowest BCUT2D eigenvalue weighted by molar-refractivity contribution is 0.178. The Morgan fingerprint density at radius 1 is 1.32 bits per heavy atom. The predicted molar refractivity (Wildman–Crippen MR) is 76.8 cm³/mol. The van der Waals surface area contributed by atoms with E-state index in [0.29, 0.717) is 18.2 Å². The minimum atomic E-state index is 0.390. The number of hydrogen-bond acceptors (Lipinski definition) is 5. The molecule has 0 bridgehead atoms. The molecule has 5 heteroatoms. The van der Waals surface area contributed by atoms with Gasteiger partial charge < -0.3 is 15.8 Å². The summed E-state index contributed by atoms with van der Waals surface area (Å²) in [5.74, 6) is 3.56. The highest BCUT2D eigenvalue weighted by molar-refractivity contribution is 5.44. The monoisotopic (exact) mass is 264 g/mol. The normalized spacial score (nSPS) is 23.3. The van der Waals surface area contributed by atoms with Gasteiger partial charge in [0.05, 0.1) is 0 Å². The van der Waals surface area contributed by atoms with E-state index in [0.717, 1.165) is 24.2 Å². The Balaban J connectivity index is 1.88. The molecule has 0 aromatic carbocycles. The van der Waals surface area contributed by atoms with Crippen molar-refractivity contribution in [1.82, 2.24) is 9.97 Å². The van der Waals surface area contributed by atoms with E-state index in [1.54, 1.807) is 13.2 Å². The minimum absolute atomic E-state index is 0.390. The lowest BCUT2D eigenvalue weighted by Gasteiger charge is -2.26. The molecule has 5 nitrogen and oxygen atoms in total. The molecule has 1 aliphatic carbocycles. The molecule has 0 amide bonds. The van der Waals surface area contributed by atoms with Crippen LogP contribution >= 0.6 is 0 Å². The van der Waals surface area contributed by atoms with Crippen LogP contribution in [0.25, 0.3) is 0 Å². The first-order valence-corrected chi connectivity index (χ1v) is 7.03. The van der Waals surface area contributed by atoms with Gasteiger partial charge in [-0.2, -0.15) is 0 Å². The second kappa shape index (κ2) is 6.70. The molecule has 0 saturated heterocycles. The molecule has 0 atom stereocenters. The predicted octanol–water partition coefficient (Wildman–Crippen LogP) is 2.44. The second-order valence-electron chi connectivity index (χ2n) is 5.53. The summed E-state index contributed by atoms with van der Waals surface area (Å²) in [7, 11) is 1.63. The van der Waals surface area contributed by atoms with Crippen LogP contribution in [-0.2, 0) is 11.3 Å². The van der Waals surface area contributed by atoms with E-state index in [9.17, 15) is 0 Å². The van der Waals surface area contributed by atoms with E-state index in [1.165, 1.54) is 25.7 Å². The third-order valence-corrected chi connectivity index (χ3v) is 3.77. The molecule has 0 radical (unpaired) electrons. The highest BCUT2D eigenvalue weighted by atomic mass is 16.5. The van der Waals surface area contributed by atoms with Crippen molar-refractivity contribution in [3.63, 3.8) is 0 Å². The largest absolute Gasteiger partial charge is 0.384 e. The average molecular weight is 264 g/mol. The van der Waals surface area contributed by atoms with Crippen LogP contribution in [0.2, 0.25) is 0 Å². The van der Waals surface area contributed by atoms with Gasteiger partial charge >= 0.3 is 0 Å². The number of ether oxygens (including phenoxy) is 1. The lowest BCUT2D eigenvalue weighted by atomic mass is 9.83. The van der Waals surface area contributed by atoms with Gasteiger partial charge in [0.25, 0.3) is 0 Å². The summed E-state index contributed by atoms with van der Waals surface area (Å²) in [4.78, 5) is 8.53. The van der Waals surface area contributed by atoms with Gasteiger partial charge in [-0.3, -0.25) is 0 Å². The first-order valence-electron chi connectivity index (χ1n) is 7.03. The van der Waals surface area contributed by atoms with Gasteiger partial charge in [0, 0.05) is 19.7 Å². The van der Waals surface area contributed by atoms with Crippen molar-refractivity contribution in [1.29, 1.82) is 0 Å². The molecule has 19 heavy (non-hydrogen) atoms. The highest BCUT2D eigenvalue weighted by Gasteiger charge is 2.18. The molecule has 1 saturated carbocycles. The maximum absolute atomic E-state index is 5.77. The minimum Gasteiger partial charge on any atom is -0.384 e. The van der Waals surface area contributed by atoms with Crippen molar-refractivity contribution in [3.8, 4) is 0 Å². The van der Waals surface area contributed by atoms with Gasteiger partial charge in [-0.05, 0) is 24.7 Å². The summed E-state index contributed by atoms with van der Waals surface area (Å²) >= 11 is 0. The number of methoxy groups -OCH3 is 1. The molecule has 3 N–H and O–H groups in total. The molecule has 1 aromatic rings. The molecule has 106 valence electrons. The number of nitrogens with one attached hydrogen (secondary N) is 1. The summed E-state index contributed by atoms with van der Waals surface area (Å²) in [5, 5.41) is 3.38. The molecule has 0 unspecified atom stereocenters. The number of aromatic nitrogens is 2. The fourth-order valence-electron chi connectivity index (χ4n) is 2.58. The zero-order valence-electron chi connectivity index (χ0n) is 11.9. The van der Waals surface area contributed by atoms with Gasteiger partial charge in [-0.1, -0.05) is 19.8 Å². The smallest absolute Gasteiger partial charge is 0.158 e. The maximum atomic E-state index is 5.77. The fourth-order valence-corrected chi connectivity index (χ4v) is 2.58. The second-order valence-corrected chi connectivity index (χ2v) is 5.53. The Morgan fingerprint density at radius 2 is 2.05 bits per heavy atom. The summed E-state index contributed by atoms with van der Waals surface area (Å²) < 4.78 is 5.04. The fraction of sp³-hybridized carbons (Fsp3) is 0.714. The standard InChI is InChI=1S/C14H24N4O/c1-10-3-5-11(6-4-10)8-16-13-7-12(15)17-14(18-13)9-19-2/h7,10-11H,3-6,8-9H2,1-2H3,(H3,15,16,17,18). The van der Waals surface area contributed by atoms with E-state index in [4.69, 9.17) is 10.5 Å². The molecule has 2 rings (SSSR count). The maximum Gasteiger partial charge on any atom is 0.158 e. The number of nitrogens with two attached hydrogens (primary N) is 1. The van der Waals surface area contributed by atoms with Crippen LogP contribution < -0.4 is 11.1 Å². The van der Waals surface area contributed by atoms with Crippen LogP contribution in [-0.4, -0.2) is 23.6 Å². The van der Waals surface area contributed by atoms with Gasteiger partial charge in [-0.15, -0.1) is 0 Å². The van der Waals surface area contributed by atoms with Crippen molar-refractivity contribution in [3.05, 3.63) is 11.9 Å². The number of anilines is 2. The molecular formula is C14H24N4O. The van der Waals surface area contributed by atoms with E-state index < -0.39 is 0 Å². The summed E-state index contributed by atoms with van der Waals surface area (Å²) in [6.45, 7) is 3.70. The Kier molecular flexibility index (Phi) is 4.96. The van der Waals surface area contributed by atoms with Crippen molar-refractivity contribution < 1.29 is 4.74 Å². The Hall–Kier alpha value is -1.36. The summed E-state index contributed by atoms with van der Waals surface area (Å²) in [5.41, 5.74) is 5.77. The van der Waals surface area contributed by atoms with Gasteiger partial charge in [0.2, 0.25) is 0 Å². The number of hydrogen-bond donors (Lipinski definition) is 2.